The summed E-state index contributed by atoms with van der Waals surface area (Å²) in [5.74, 6) is 1.57. The predicted octanol–water partition coefficient (Wildman–Crippen LogP) is 2.00. The van der Waals surface area contributed by atoms with E-state index in [1.807, 2.05) is 32.2 Å². The summed E-state index contributed by atoms with van der Waals surface area (Å²) in [5.41, 5.74) is 1.03. The van der Waals surface area contributed by atoms with E-state index in [1.165, 1.54) is 0 Å². The Labute approximate surface area is 103 Å². The molecule has 0 radical (unpaired) electrons. The van der Waals surface area contributed by atoms with E-state index in [2.05, 4.69) is 5.32 Å². The van der Waals surface area contributed by atoms with Crippen LogP contribution >= 0.6 is 0 Å². The van der Waals surface area contributed by atoms with Gasteiger partial charge < -0.3 is 19.5 Å². The van der Waals surface area contributed by atoms with Crippen molar-refractivity contribution < 1.29 is 14.2 Å². The van der Waals surface area contributed by atoms with E-state index in [0.717, 1.165) is 23.6 Å². The molecule has 4 nitrogen and oxygen atoms in total. The van der Waals surface area contributed by atoms with Crippen molar-refractivity contribution in [3.63, 3.8) is 0 Å². The van der Waals surface area contributed by atoms with E-state index in [4.69, 9.17) is 14.2 Å². The van der Waals surface area contributed by atoms with E-state index >= 15 is 0 Å². The average Bonchev–Trinajstić information content (AvgIpc) is 2.37. The van der Waals surface area contributed by atoms with Crippen molar-refractivity contribution in [1.82, 2.24) is 5.32 Å². The predicted molar refractivity (Wildman–Crippen MR) is 67.8 cm³/mol. The van der Waals surface area contributed by atoms with Gasteiger partial charge in [0.15, 0.2) is 0 Å². The molecule has 0 fully saturated rings. The lowest BCUT2D eigenvalue weighted by atomic mass is 10.1. The average molecular weight is 239 g/mol. The molecule has 0 saturated carbocycles. The van der Waals surface area contributed by atoms with Gasteiger partial charge >= 0.3 is 0 Å². The van der Waals surface area contributed by atoms with E-state index in [0.29, 0.717) is 6.61 Å². The first-order valence-corrected chi connectivity index (χ1v) is 5.74. The highest BCUT2D eigenvalue weighted by molar-refractivity contribution is 5.42. The maximum absolute atomic E-state index is 5.70. The van der Waals surface area contributed by atoms with Gasteiger partial charge in [-0.15, -0.1) is 0 Å². The molecule has 0 aliphatic rings. The monoisotopic (exact) mass is 239 g/mol. The zero-order valence-electron chi connectivity index (χ0n) is 10.9. The Bertz CT molecular complexity index is 335. The fraction of sp³-hybridized carbons (Fsp3) is 0.538. The summed E-state index contributed by atoms with van der Waals surface area (Å²) in [4.78, 5) is 0. The molecule has 0 amide bonds. The third-order valence-electron chi connectivity index (χ3n) is 2.54. The lowest BCUT2D eigenvalue weighted by molar-refractivity contribution is 0.0619. The molecule has 1 aromatic rings. The van der Waals surface area contributed by atoms with E-state index in [-0.39, 0.29) is 6.10 Å². The molecular weight excluding hydrogens is 218 g/mol. The minimum atomic E-state index is -0.00847. The summed E-state index contributed by atoms with van der Waals surface area (Å²) in [6, 6.07) is 5.77. The van der Waals surface area contributed by atoms with Crippen LogP contribution in [0.15, 0.2) is 18.2 Å². The molecule has 1 rings (SSSR count). The molecule has 0 aliphatic carbocycles. The van der Waals surface area contributed by atoms with Gasteiger partial charge in [-0.2, -0.15) is 0 Å². The van der Waals surface area contributed by atoms with Gasteiger partial charge in [0.25, 0.3) is 0 Å². The fourth-order valence-electron chi connectivity index (χ4n) is 1.73. The smallest absolute Gasteiger partial charge is 0.128 e. The second-order valence-corrected chi connectivity index (χ2v) is 3.61. The summed E-state index contributed by atoms with van der Waals surface area (Å²) >= 11 is 0. The lowest BCUT2D eigenvalue weighted by Crippen LogP contribution is -2.20. The number of benzene rings is 1. The molecule has 1 N–H and O–H groups in total. The number of ether oxygens (including phenoxy) is 3. The Morgan fingerprint density at radius 2 is 2.00 bits per heavy atom. The van der Waals surface area contributed by atoms with Gasteiger partial charge in [0.2, 0.25) is 0 Å². The molecule has 0 bridgehead atoms. The van der Waals surface area contributed by atoms with Crippen molar-refractivity contribution in [2.24, 2.45) is 0 Å². The standard InChI is InChI=1S/C13H21NO3/c1-5-17-13(9-14-2)11-7-6-10(15-3)8-12(11)16-4/h6-8,13-14H,5,9H2,1-4H3/t13-/m0/s1. The van der Waals surface area contributed by atoms with E-state index < -0.39 is 0 Å². The van der Waals surface area contributed by atoms with Crippen molar-refractivity contribution >= 4 is 0 Å². The number of nitrogens with one attached hydrogen (secondary N) is 1. The van der Waals surface area contributed by atoms with Gasteiger partial charge in [-0.3, -0.25) is 0 Å². The van der Waals surface area contributed by atoms with Gasteiger partial charge in [0.05, 0.1) is 20.3 Å². The Hall–Kier alpha value is -1.26. The van der Waals surface area contributed by atoms with Gasteiger partial charge in [0.1, 0.15) is 11.5 Å². The second-order valence-electron chi connectivity index (χ2n) is 3.61. The summed E-state index contributed by atoms with van der Waals surface area (Å²) in [6.45, 7) is 3.40. The van der Waals surface area contributed by atoms with Gasteiger partial charge in [0, 0.05) is 24.8 Å². The van der Waals surface area contributed by atoms with E-state index in [9.17, 15) is 0 Å². The quantitative estimate of drug-likeness (QED) is 0.790. The van der Waals surface area contributed by atoms with Gasteiger partial charge in [-0.25, -0.2) is 0 Å². The van der Waals surface area contributed by atoms with E-state index in [1.54, 1.807) is 14.2 Å². The highest BCUT2D eigenvalue weighted by atomic mass is 16.5. The third-order valence-corrected chi connectivity index (χ3v) is 2.54. The summed E-state index contributed by atoms with van der Waals surface area (Å²) < 4.78 is 16.2. The zero-order valence-corrected chi connectivity index (χ0v) is 10.9. The van der Waals surface area contributed by atoms with Crippen molar-refractivity contribution in [3.8, 4) is 11.5 Å². The molecule has 17 heavy (non-hydrogen) atoms. The van der Waals surface area contributed by atoms with Crippen LogP contribution in [-0.4, -0.2) is 34.4 Å². The number of methoxy groups -OCH3 is 2. The molecule has 0 unspecified atom stereocenters. The molecule has 96 valence electrons. The van der Waals surface area contributed by atoms with Crippen LogP contribution in [0.4, 0.5) is 0 Å². The maximum atomic E-state index is 5.70. The van der Waals surface area contributed by atoms with Crippen LogP contribution < -0.4 is 14.8 Å². The number of rotatable bonds is 7. The van der Waals surface area contributed by atoms with Crippen LogP contribution in [0.25, 0.3) is 0 Å². The highest BCUT2D eigenvalue weighted by Gasteiger charge is 2.16. The molecule has 0 spiro atoms. The molecule has 0 heterocycles. The Balaban J connectivity index is 2.99. The van der Waals surface area contributed by atoms with Gasteiger partial charge in [-0.05, 0) is 26.1 Å². The first-order chi connectivity index (χ1) is 8.26. The van der Waals surface area contributed by atoms with Crippen molar-refractivity contribution in [3.05, 3.63) is 23.8 Å². The number of likely N-dealkylation sites (N-methyl/N-ethyl adjacent to an activating group) is 1. The first-order valence-electron chi connectivity index (χ1n) is 5.74. The lowest BCUT2D eigenvalue weighted by Gasteiger charge is -2.20. The van der Waals surface area contributed by atoms with Crippen LogP contribution in [0, 0.1) is 0 Å². The first kappa shape index (κ1) is 13.8. The normalized spacial score (nSPS) is 12.2. The minimum absolute atomic E-state index is 0.00847. The molecule has 4 heteroatoms. The minimum Gasteiger partial charge on any atom is -0.497 e. The van der Waals surface area contributed by atoms with Crippen molar-refractivity contribution in [1.29, 1.82) is 0 Å². The molecule has 0 aliphatic heterocycles. The van der Waals surface area contributed by atoms with Crippen LogP contribution in [-0.2, 0) is 4.74 Å². The molecule has 1 atom stereocenters. The Morgan fingerprint density at radius 1 is 1.24 bits per heavy atom. The van der Waals surface area contributed by atoms with Crippen LogP contribution in [0.3, 0.4) is 0 Å². The second kappa shape index (κ2) is 7.14. The Morgan fingerprint density at radius 3 is 2.53 bits per heavy atom. The third kappa shape index (κ3) is 3.61. The summed E-state index contributed by atoms with van der Waals surface area (Å²) in [5, 5.41) is 3.12. The maximum Gasteiger partial charge on any atom is 0.128 e. The molecular formula is C13H21NO3. The van der Waals surface area contributed by atoms with Crippen LogP contribution in [0.1, 0.15) is 18.6 Å². The van der Waals surface area contributed by atoms with Crippen molar-refractivity contribution in [2.45, 2.75) is 13.0 Å². The molecule has 1 aromatic carbocycles. The Kier molecular flexibility index (Phi) is 5.80. The highest BCUT2D eigenvalue weighted by Crippen LogP contribution is 2.30. The van der Waals surface area contributed by atoms with Crippen LogP contribution in [0.5, 0.6) is 11.5 Å². The molecule has 0 saturated heterocycles. The van der Waals surface area contributed by atoms with Gasteiger partial charge in [-0.1, -0.05) is 0 Å². The van der Waals surface area contributed by atoms with Crippen molar-refractivity contribution in [2.75, 3.05) is 34.4 Å². The fourth-order valence-corrected chi connectivity index (χ4v) is 1.73. The molecule has 0 aromatic heterocycles. The summed E-state index contributed by atoms with van der Waals surface area (Å²) in [7, 11) is 5.20. The summed E-state index contributed by atoms with van der Waals surface area (Å²) in [6.07, 6.45) is -0.00847. The zero-order chi connectivity index (χ0) is 12.7. The number of hydrogen-bond acceptors (Lipinski definition) is 4. The topological polar surface area (TPSA) is 39.7 Å². The number of hydrogen-bond donors (Lipinski definition) is 1. The van der Waals surface area contributed by atoms with Crippen LogP contribution in [0.2, 0.25) is 0 Å². The largest absolute Gasteiger partial charge is 0.497 e. The SMILES string of the molecule is CCO[C@@H](CNC)c1ccc(OC)cc1OC.